The molecule has 0 aliphatic heterocycles. The van der Waals surface area contributed by atoms with Gasteiger partial charge in [-0.1, -0.05) is 76.6 Å². The fourth-order valence-corrected chi connectivity index (χ4v) is 4.80. The molecule has 2 heterocycles. The average molecular weight is 583 g/mol. The number of rotatable bonds is 7. The van der Waals surface area contributed by atoms with Crippen LogP contribution in [0.1, 0.15) is 32.1 Å². The number of ether oxygens (including phenoxy) is 2. The second kappa shape index (κ2) is 11.4. The average Bonchev–Trinajstić information content (AvgIpc) is 2.97. The van der Waals surface area contributed by atoms with Gasteiger partial charge in [-0.3, -0.25) is 9.36 Å². The lowest BCUT2D eigenvalue weighted by molar-refractivity contribution is 0.0460. The topological polar surface area (TPSA) is 87.5 Å². The summed E-state index contributed by atoms with van der Waals surface area (Å²) in [5.74, 6) is -1.26. The molecule has 0 fully saturated rings. The van der Waals surface area contributed by atoms with Crippen molar-refractivity contribution in [3.63, 3.8) is 0 Å². The van der Waals surface area contributed by atoms with E-state index in [1.54, 1.807) is 12.1 Å². The zero-order chi connectivity index (χ0) is 27.4. The van der Waals surface area contributed by atoms with Crippen LogP contribution in [0.3, 0.4) is 0 Å². The molecule has 39 heavy (non-hydrogen) atoms. The number of benzene rings is 3. The lowest BCUT2D eigenvalue weighted by atomic mass is 9.96. The van der Waals surface area contributed by atoms with Crippen LogP contribution in [0, 0.1) is 0 Å². The summed E-state index contributed by atoms with van der Waals surface area (Å²) in [5, 5.41) is 1.12. The van der Waals surface area contributed by atoms with Gasteiger partial charge in [-0.2, -0.15) is 0 Å². The maximum absolute atomic E-state index is 13.9. The van der Waals surface area contributed by atoms with E-state index < -0.39 is 11.9 Å². The molecule has 7 nitrogen and oxygen atoms in total. The number of hydrogen-bond acceptors (Lipinski definition) is 6. The third-order valence-corrected chi connectivity index (χ3v) is 6.75. The van der Waals surface area contributed by atoms with Crippen molar-refractivity contribution in [2.75, 3.05) is 7.11 Å². The highest BCUT2D eigenvalue weighted by molar-refractivity contribution is 9.10. The number of halogens is 1. The first kappa shape index (κ1) is 26.1. The summed E-state index contributed by atoms with van der Waals surface area (Å²) in [7, 11) is 1.27. The quantitative estimate of drug-likeness (QED) is 0.218. The van der Waals surface area contributed by atoms with Crippen LogP contribution in [0.2, 0.25) is 0 Å². The zero-order valence-electron chi connectivity index (χ0n) is 21.0. The molecule has 0 aliphatic rings. The highest BCUT2D eigenvalue weighted by Gasteiger charge is 2.25. The summed E-state index contributed by atoms with van der Waals surface area (Å²) in [6.45, 7) is 0.0489. The third kappa shape index (κ3) is 5.51. The van der Waals surface area contributed by atoms with Gasteiger partial charge in [0, 0.05) is 21.6 Å². The molecule has 0 amide bonds. The van der Waals surface area contributed by atoms with Crippen molar-refractivity contribution in [1.29, 1.82) is 0 Å². The van der Waals surface area contributed by atoms with Crippen LogP contribution >= 0.6 is 15.9 Å². The SMILES string of the molecule is COC(=O)c1cc(COC(=O)c2c(-c3ccccc3)c3cc(Br)ccc3c(=O)n2Cc2ccccc2)ccn1. The second-order valence-corrected chi connectivity index (χ2v) is 9.69. The Labute approximate surface area is 232 Å². The first-order chi connectivity index (χ1) is 19.0. The van der Waals surface area contributed by atoms with Crippen LogP contribution in [0.15, 0.2) is 106 Å². The molecule has 194 valence electrons. The molecule has 0 aliphatic carbocycles. The molecule has 0 spiro atoms. The minimum absolute atomic E-state index is 0.104. The molecule has 8 heteroatoms. The molecule has 0 saturated carbocycles. The van der Waals surface area contributed by atoms with Gasteiger partial charge in [-0.15, -0.1) is 0 Å². The number of nitrogens with zero attached hydrogens (tertiary/aromatic N) is 2. The molecule has 0 N–H and O–H groups in total. The van der Waals surface area contributed by atoms with E-state index in [4.69, 9.17) is 9.47 Å². The van der Waals surface area contributed by atoms with Crippen molar-refractivity contribution in [1.82, 2.24) is 9.55 Å². The van der Waals surface area contributed by atoms with Crippen molar-refractivity contribution < 1.29 is 19.1 Å². The van der Waals surface area contributed by atoms with E-state index in [0.717, 1.165) is 15.6 Å². The zero-order valence-corrected chi connectivity index (χ0v) is 22.6. The van der Waals surface area contributed by atoms with Gasteiger partial charge in [-0.25, -0.2) is 14.6 Å². The molecule has 0 radical (unpaired) electrons. The minimum atomic E-state index is -0.666. The van der Waals surface area contributed by atoms with Gasteiger partial charge in [0.15, 0.2) is 0 Å². The smallest absolute Gasteiger partial charge is 0.356 e. The lowest BCUT2D eigenvalue weighted by Crippen LogP contribution is -2.29. The molecular formula is C31H23BrN2O5. The van der Waals surface area contributed by atoms with Crippen molar-refractivity contribution in [2.24, 2.45) is 0 Å². The van der Waals surface area contributed by atoms with Gasteiger partial charge < -0.3 is 9.47 Å². The summed E-state index contributed by atoms with van der Waals surface area (Å²) in [5.41, 5.74) is 2.73. The molecule has 0 unspecified atom stereocenters. The van der Waals surface area contributed by atoms with Crippen LogP contribution in [-0.4, -0.2) is 28.6 Å². The highest BCUT2D eigenvalue weighted by Crippen LogP contribution is 2.33. The molecule has 5 aromatic rings. The number of hydrogen-bond donors (Lipinski definition) is 0. The Bertz CT molecular complexity index is 1730. The third-order valence-electron chi connectivity index (χ3n) is 6.26. The number of fused-ring (bicyclic) bond motifs is 1. The van der Waals surface area contributed by atoms with Crippen molar-refractivity contribution in [3.8, 4) is 11.1 Å². The highest BCUT2D eigenvalue weighted by atomic mass is 79.9. The van der Waals surface area contributed by atoms with Crippen LogP contribution < -0.4 is 5.56 Å². The van der Waals surface area contributed by atoms with E-state index in [1.807, 2.05) is 72.8 Å². The number of carbonyl (C=O) groups is 2. The molecule has 0 saturated heterocycles. The molecule has 5 rings (SSSR count). The minimum Gasteiger partial charge on any atom is -0.464 e. The van der Waals surface area contributed by atoms with Crippen molar-refractivity contribution in [3.05, 3.63) is 135 Å². The number of pyridine rings is 2. The first-order valence-electron chi connectivity index (χ1n) is 12.1. The lowest BCUT2D eigenvalue weighted by Gasteiger charge is -2.20. The van der Waals surface area contributed by atoms with Gasteiger partial charge in [0.05, 0.1) is 13.7 Å². The van der Waals surface area contributed by atoms with Crippen molar-refractivity contribution >= 4 is 38.6 Å². The standard InChI is InChI=1S/C31H23BrN2O5/c1-38-30(36)26-16-21(14-15-33-26)19-39-31(37)28-27(22-10-6-3-7-11-22)25-17-23(32)12-13-24(25)29(35)34(28)18-20-8-4-2-5-9-20/h2-17H,18-19H2,1H3. The summed E-state index contributed by atoms with van der Waals surface area (Å²) in [6.07, 6.45) is 1.45. The van der Waals surface area contributed by atoms with E-state index in [-0.39, 0.29) is 30.1 Å². The molecular weight excluding hydrogens is 560 g/mol. The summed E-state index contributed by atoms with van der Waals surface area (Å²) in [4.78, 5) is 43.6. The first-order valence-corrected chi connectivity index (χ1v) is 12.9. The van der Waals surface area contributed by atoms with Gasteiger partial charge in [-0.05, 0) is 52.4 Å². The Balaban J connectivity index is 1.68. The fourth-order valence-electron chi connectivity index (χ4n) is 4.44. The van der Waals surface area contributed by atoms with E-state index in [1.165, 1.54) is 23.9 Å². The summed E-state index contributed by atoms with van der Waals surface area (Å²) < 4.78 is 12.8. The normalized spacial score (nSPS) is 10.8. The predicted octanol–water partition coefficient (Wildman–Crippen LogP) is 6.02. The second-order valence-electron chi connectivity index (χ2n) is 8.77. The van der Waals surface area contributed by atoms with Gasteiger partial charge in [0.25, 0.3) is 5.56 Å². The van der Waals surface area contributed by atoms with E-state index in [9.17, 15) is 14.4 Å². The molecule has 3 aromatic carbocycles. The van der Waals surface area contributed by atoms with Gasteiger partial charge >= 0.3 is 11.9 Å². The molecule has 2 aromatic heterocycles. The Hall–Kier alpha value is -4.56. The summed E-state index contributed by atoms with van der Waals surface area (Å²) in [6, 6.07) is 27.5. The Morgan fingerprint density at radius 1 is 0.846 bits per heavy atom. The summed E-state index contributed by atoms with van der Waals surface area (Å²) >= 11 is 3.51. The predicted molar refractivity (Wildman–Crippen MR) is 152 cm³/mol. The van der Waals surface area contributed by atoms with Crippen LogP contribution in [0.4, 0.5) is 0 Å². The van der Waals surface area contributed by atoms with Crippen LogP contribution in [0.25, 0.3) is 21.9 Å². The van der Waals surface area contributed by atoms with Gasteiger partial charge in [0.1, 0.15) is 18.0 Å². The largest absolute Gasteiger partial charge is 0.464 e. The van der Waals surface area contributed by atoms with E-state index >= 15 is 0 Å². The van der Waals surface area contributed by atoms with Crippen molar-refractivity contribution in [2.45, 2.75) is 13.2 Å². The Kier molecular flexibility index (Phi) is 7.65. The van der Waals surface area contributed by atoms with E-state index in [2.05, 4.69) is 20.9 Å². The Morgan fingerprint density at radius 2 is 1.56 bits per heavy atom. The van der Waals surface area contributed by atoms with Crippen LogP contribution in [0.5, 0.6) is 0 Å². The monoisotopic (exact) mass is 582 g/mol. The number of aromatic nitrogens is 2. The number of esters is 2. The maximum atomic E-state index is 13.9. The Morgan fingerprint density at radius 3 is 2.28 bits per heavy atom. The van der Waals surface area contributed by atoms with E-state index in [0.29, 0.717) is 21.9 Å². The molecule has 0 bridgehead atoms. The number of carbonyl (C=O) groups excluding carboxylic acids is 2. The number of methoxy groups -OCH3 is 1. The van der Waals surface area contributed by atoms with Crippen LogP contribution in [-0.2, 0) is 22.6 Å². The maximum Gasteiger partial charge on any atom is 0.356 e. The van der Waals surface area contributed by atoms with Gasteiger partial charge in [0.2, 0.25) is 0 Å². The fraction of sp³-hybridized carbons (Fsp3) is 0.0968. The molecule has 0 atom stereocenters.